The summed E-state index contributed by atoms with van der Waals surface area (Å²) in [5.41, 5.74) is 18.2. The Morgan fingerprint density at radius 2 is 2.08 bits per heavy atom. The zero-order chi connectivity index (χ0) is 9.14. The average Bonchev–Trinajstić information content (AvgIpc) is 2.08. The average molecular weight is 186 g/mol. The molecule has 1 atom stereocenters. The van der Waals surface area contributed by atoms with E-state index in [-0.39, 0.29) is 6.04 Å². The molecule has 0 fully saturated rings. The molecule has 0 bridgehead atoms. The van der Waals surface area contributed by atoms with Gasteiger partial charge in [0.1, 0.15) is 0 Å². The molecule has 0 aliphatic carbocycles. The van der Waals surface area contributed by atoms with Gasteiger partial charge in [-0.15, -0.1) is 0 Å². The normalized spacial score (nSPS) is 12.9. The van der Waals surface area contributed by atoms with Gasteiger partial charge in [-0.2, -0.15) is 0 Å². The summed E-state index contributed by atoms with van der Waals surface area (Å²) in [6.45, 7) is 0.366. The molecule has 0 heterocycles. The lowest BCUT2D eigenvalue weighted by atomic mass is 10.1. The molecule has 0 unspecified atom stereocenters. The van der Waals surface area contributed by atoms with Crippen molar-refractivity contribution in [2.24, 2.45) is 11.5 Å². The Labute approximate surface area is 76.5 Å². The molecule has 0 amide bonds. The molecule has 0 aliphatic heterocycles. The molecule has 0 spiro atoms. The van der Waals surface area contributed by atoms with Gasteiger partial charge in [0.25, 0.3) is 0 Å². The number of hydrogen-bond donors (Lipinski definition) is 3. The van der Waals surface area contributed by atoms with Gasteiger partial charge in [0, 0.05) is 23.3 Å². The maximum absolute atomic E-state index is 5.77. The Morgan fingerprint density at radius 1 is 1.42 bits per heavy atom. The van der Waals surface area contributed by atoms with Crippen LogP contribution in [0.5, 0.6) is 0 Å². The largest absolute Gasteiger partial charge is 0.398 e. The zero-order valence-electron chi connectivity index (χ0n) is 6.63. The minimum Gasteiger partial charge on any atom is -0.398 e. The first-order valence-electron chi connectivity index (χ1n) is 3.65. The van der Waals surface area contributed by atoms with Gasteiger partial charge < -0.3 is 17.2 Å². The van der Waals surface area contributed by atoms with Gasteiger partial charge in [0.2, 0.25) is 0 Å². The van der Waals surface area contributed by atoms with Crippen molar-refractivity contribution in [3.05, 3.63) is 28.8 Å². The highest BCUT2D eigenvalue weighted by atomic mass is 35.5. The molecule has 4 heteroatoms. The van der Waals surface area contributed by atoms with E-state index in [2.05, 4.69) is 0 Å². The van der Waals surface area contributed by atoms with Crippen LogP contribution in [0.2, 0.25) is 5.02 Å². The maximum atomic E-state index is 5.77. The molecule has 0 saturated carbocycles. The van der Waals surface area contributed by atoms with E-state index >= 15 is 0 Å². The number of halogens is 1. The van der Waals surface area contributed by atoms with Gasteiger partial charge >= 0.3 is 0 Å². The van der Waals surface area contributed by atoms with Crippen LogP contribution in [0.25, 0.3) is 0 Å². The quantitative estimate of drug-likeness (QED) is 0.599. The maximum Gasteiger partial charge on any atom is 0.0440 e. The van der Waals surface area contributed by atoms with E-state index in [9.17, 15) is 0 Å². The molecule has 6 N–H and O–H groups in total. The predicted octanol–water partition coefficient (Wildman–Crippen LogP) is 0.881. The number of nitrogens with two attached hydrogens (primary N) is 3. The van der Waals surface area contributed by atoms with Crippen LogP contribution in [0.15, 0.2) is 18.2 Å². The van der Waals surface area contributed by atoms with Crippen molar-refractivity contribution in [2.75, 3.05) is 12.3 Å². The second-order valence-electron chi connectivity index (χ2n) is 2.62. The van der Waals surface area contributed by atoms with E-state index in [0.29, 0.717) is 17.3 Å². The molecule has 3 nitrogen and oxygen atoms in total. The molecule has 0 aliphatic rings. The molecule has 0 saturated heterocycles. The lowest BCUT2D eigenvalue weighted by Crippen LogP contribution is -2.21. The van der Waals surface area contributed by atoms with Crippen LogP contribution < -0.4 is 17.2 Å². The molecule has 1 aromatic rings. The summed E-state index contributed by atoms with van der Waals surface area (Å²) in [5, 5.41) is 0.628. The van der Waals surface area contributed by atoms with Crippen molar-refractivity contribution in [1.29, 1.82) is 0 Å². The van der Waals surface area contributed by atoms with Gasteiger partial charge in [0.05, 0.1) is 0 Å². The number of anilines is 1. The summed E-state index contributed by atoms with van der Waals surface area (Å²) in [7, 11) is 0. The lowest BCUT2D eigenvalue weighted by Gasteiger charge is -2.11. The van der Waals surface area contributed by atoms with E-state index in [1.165, 1.54) is 0 Å². The molecule has 1 rings (SSSR count). The third kappa shape index (κ3) is 1.88. The Kier molecular flexibility index (Phi) is 2.92. The minimum absolute atomic E-state index is 0.233. The SMILES string of the molecule is NC[C@H](N)c1cc(Cl)ccc1N. The van der Waals surface area contributed by atoms with Crippen molar-refractivity contribution in [2.45, 2.75) is 6.04 Å². The Balaban J connectivity index is 3.04. The second kappa shape index (κ2) is 3.76. The van der Waals surface area contributed by atoms with Crippen LogP contribution in [-0.2, 0) is 0 Å². The predicted molar refractivity (Wildman–Crippen MR) is 51.8 cm³/mol. The van der Waals surface area contributed by atoms with Crippen LogP contribution in [0.3, 0.4) is 0 Å². The number of benzene rings is 1. The molecule has 0 radical (unpaired) electrons. The van der Waals surface area contributed by atoms with Crippen LogP contribution in [-0.4, -0.2) is 6.54 Å². The Hall–Kier alpha value is -0.770. The van der Waals surface area contributed by atoms with Gasteiger partial charge in [-0.1, -0.05) is 11.6 Å². The Morgan fingerprint density at radius 3 is 2.67 bits per heavy atom. The van der Waals surface area contributed by atoms with Gasteiger partial charge in [-0.3, -0.25) is 0 Å². The van der Waals surface area contributed by atoms with Crippen LogP contribution in [0, 0.1) is 0 Å². The van der Waals surface area contributed by atoms with E-state index in [4.69, 9.17) is 28.8 Å². The van der Waals surface area contributed by atoms with Crippen molar-refractivity contribution >= 4 is 17.3 Å². The summed E-state index contributed by atoms with van der Waals surface area (Å²) in [4.78, 5) is 0. The monoisotopic (exact) mass is 185 g/mol. The van der Waals surface area contributed by atoms with Crippen molar-refractivity contribution in [1.82, 2.24) is 0 Å². The minimum atomic E-state index is -0.233. The van der Waals surface area contributed by atoms with E-state index < -0.39 is 0 Å². The molecule has 1 aromatic carbocycles. The van der Waals surface area contributed by atoms with Gasteiger partial charge in [0.15, 0.2) is 0 Å². The van der Waals surface area contributed by atoms with E-state index in [1.807, 2.05) is 0 Å². The van der Waals surface area contributed by atoms with Crippen LogP contribution in [0.1, 0.15) is 11.6 Å². The summed E-state index contributed by atoms with van der Waals surface area (Å²) in [6.07, 6.45) is 0. The van der Waals surface area contributed by atoms with E-state index in [0.717, 1.165) is 5.56 Å². The van der Waals surface area contributed by atoms with E-state index in [1.54, 1.807) is 18.2 Å². The van der Waals surface area contributed by atoms with Crippen molar-refractivity contribution in [3.8, 4) is 0 Å². The fourth-order valence-corrected chi connectivity index (χ4v) is 1.17. The highest BCUT2D eigenvalue weighted by molar-refractivity contribution is 6.30. The number of hydrogen-bond acceptors (Lipinski definition) is 3. The smallest absolute Gasteiger partial charge is 0.0440 e. The first kappa shape index (κ1) is 9.32. The lowest BCUT2D eigenvalue weighted by molar-refractivity contribution is 0.739. The second-order valence-corrected chi connectivity index (χ2v) is 3.05. The standard InChI is InChI=1S/C8H12ClN3/c9-5-1-2-7(11)6(3-5)8(12)4-10/h1-3,8H,4,10-12H2/t8-/m0/s1. The Bertz CT molecular complexity index is 275. The van der Waals surface area contributed by atoms with Crippen molar-refractivity contribution in [3.63, 3.8) is 0 Å². The molecule has 12 heavy (non-hydrogen) atoms. The third-order valence-electron chi connectivity index (χ3n) is 1.70. The molecule has 66 valence electrons. The number of rotatable bonds is 2. The fraction of sp³-hybridized carbons (Fsp3) is 0.250. The summed E-state index contributed by atoms with van der Waals surface area (Å²) >= 11 is 5.77. The fourth-order valence-electron chi connectivity index (χ4n) is 0.994. The van der Waals surface area contributed by atoms with Crippen molar-refractivity contribution < 1.29 is 0 Å². The van der Waals surface area contributed by atoms with Gasteiger partial charge in [-0.25, -0.2) is 0 Å². The number of nitrogen functional groups attached to an aromatic ring is 1. The summed E-state index contributed by atoms with van der Waals surface area (Å²) in [5.74, 6) is 0. The molecular formula is C8H12ClN3. The highest BCUT2D eigenvalue weighted by Gasteiger charge is 2.07. The topological polar surface area (TPSA) is 78.1 Å². The summed E-state index contributed by atoms with van der Waals surface area (Å²) in [6, 6.07) is 4.97. The first-order valence-corrected chi connectivity index (χ1v) is 4.03. The highest BCUT2D eigenvalue weighted by Crippen LogP contribution is 2.22. The third-order valence-corrected chi connectivity index (χ3v) is 1.94. The first-order chi connectivity index (χ1) is 5.65. The molecule has 0 aromatic heterocycles. The van der Waals surface area contributed by atoms with Gasteiger partial charge in [-0.05, 0) is 23.8 Å². The van der Waals surface area contributed by atoms with Crippen LogP contribution in [0.4, 0.5) is 5.69 Å². The molecular weight excluding hydrogens is 174 g/mol. The summed E-state index contributed by atoms with van der Waals surface area (Å²) < 4.78 is 0. The zero-order valence-corrected chi connectivity index (χ0v) is 7.38. The van der Waals surface area contributed by atoms with Crippen LogP contribution >= 0.6 is 11.6 Å².